The molecule has 260 valence electrons. The Morgan fingerprint density at radius 2 is 1.84 bits per heavy atom. The third-order valence-electron chi connectivity index (χ3n) is 10.8. The molecule has 5 aromatic rings. The molecule has 3 atom stereocenters. The number of piperidine rings is 1. The van der Waals surface area contributed by atoms with Crippen LogP contribution in [0.15, 0.2) is 79.0 Å². The van der Waals surface area contributed by atoms with Crippen molar-refractivity contribution in [3.05, 3.63) is 107 Å². The van der Waals surface area contributed by atoms with Gasteiger partial charge in [0.05, 0.1) is 30.4 Å². The van der Waals surface area contributed by atoms with E-state index in [9.17, 15) is 19.2 Å². The topological polar surface area (TPSA) is 126 Å². The average molecular weight is 688 g/mol. The van der Waals surface area contributed by atoms with E-state index >= 15 is 0 Å². The zero-order valence-corrected chi connectivity index (χ0v) is 28.0. The van der Waals surface area contributed by atoms with Crippen LogP contribution in [-0.4, -0.2) is 75.1 Å². The molecule has 2 N–H and O–H groups in total. The standard InChI is InChI=1S/C38H38FN9O3/c39-27-5-1-4-25(16-27)32-7-3-15-45(32)36-13-12-34-41-19-33(48(34)43-36)31-6-2-8-35(42-31)44-20-24(21-44)18-40-28-9-11-30-26(17-28)22-46(38(30)50)29-10-14-37(49)47(51)23-29/h1-2,4-6,8-9,11-13,16-17,19,24,29,32,40,47H,3,7,10,14-15,18,20-23H2/t29?,32-/m1/s1. The third kappa shape index (κ3) is 5.85. The van der Waals surface area contributed by atoms with E-state index in [1.807, 2.05) is 65.3 Å². The summed E-state index contributed by atoms with van der Waals surface area (Å²) < 4.78 is 15.9. The van der Waals surface area contributed by atoms with Crippen LogP contribution in [0.5, 0.6) is 0 Å². The molecule has 2 aromatic carbocycles. The second kappa shape index (κ2) is 12.7. The van der Waals surface area contributed by atoms with E-state index in [1.165, 1.54) is 6.07 Å². The molecule has 3 saturated heterocycles. The van der Waals surface area contributed by atoms with Gasteiger partial charge in [0.2, 0.25) is 0 Å². The summed E-state index contributed by atoms with van der Waals surface area (Å²) in [7, 11) is 0. The molecule has 13 heteroatoms. The highest BCUT2D eigenvalue weighted by Crippen LogP contribution is 2.36. The Balaban J connectivity index is 0.840. The van der Waals surface area contributed by atoms with Gasteiger partial charge in [-0.2, -0.15) is 0 Å². The van der Waals surface area contributed by atoms with Crippen molar-refractivity contribution in [3.63, 3.8) is 0 Å². The smallest absolute Gasteiger partial charge is 0.312 e. The van der Waals surface area contributed by atoms with Gasteiger partial charge in [-0.25, -0.2) is 23.7 Å². The molecule has 3 fully saturated rings. The number of anilines is 3. The summed E-state index contributed by atoms with van der Waals surface area (Å²) in [4.78, 5) is 40.6. The maximum atomic E-state index is 14.0. The number of hydrogen-bond donors (Lipinski definition) is 2. The number of pyridine rings is 1. The fourth-order valence-corrected chi connectivity index (χ4v) is 8.06. The molecule has 0 aliphatic carbocycles. The highest BCUT2D eigenvalue weighted by molar-refractivity contribution is 5.99. The minimum atomic E-state index is -0.370. The van der Waals surface area contributed by atoms with Crippen LogP contribution in [0.2, 0.25) is 0 Å². The fourth-order valence-electron chi connectivity index (χ4n) is 8.06. The number of nitrogens with one attached hydrogen (secondary N) is 2. The van der Waals surface area contributed by atoms with E-state index in [4.69, 9.17) is 10.1 Å². The number of carbonyl (C=O) groups is 2. The lowest BCUT2D eigenvalue weighted by Crippen LogP contribution is -3.12. The zero-order chi connectivity index (χ0) is 34.6. The first kappa shape index (κ1) is 31.6. The second-order valence-electron chi connectivity index (χ2n) is 14.1. The summed E-state index contributed by atoms with van der Waals surface area (Å²) >= 11 is 0. The van der Waals surface area contributed by atoms with Crippen molar-refractivity contribution in [1.29, 1.82) is 0 Å². The van der Waals surface area contributed by atoms with Crippen molar-refractivity contribution in [2.45, 2.75) is 44.3 Å². The van der Waals surface area contributed by atoms with Crippen LogP contribution in [0.25, 0.3) is 17.0 Å². The number of fused-ring (bicyclic) bond motifs is 2. The first-order chi connectivity index (χ1) is 24.9. The van der Waals surface area contributed by atoms with Crippen molar-refractivity contribution in [1.82, 2.24) is 24.5 Å². The van der Waals surface area contributed by atoms with Crippen LogP contribution < -0.4 is 20.2 Å². The molecule has 0 radical (unpaired) electrons. The van der Waals surface area contributed by atoms with E-state index in [-0.39, 0.29) is 47.7 Å². The van der Waals surface area contributed by atoms with E-state index in [2.05, 4.69) is 20.1 Å². The second-order valence-corrected chi connectivity index (χ2v) is 14.1. The number of carbonyl (C=O) groups excluding carboxylic acids is 2. The third-order valence-corrected chi connectivity index (χ3v) is 10.8. The fraction of sp³-hybridized carbons (Fsp3) is 0.342. The van der Waals surface area contributed by atoms with E-state index in [0.717, 1.165) is 84.5 Å². The number of hydrogen-bond acceptors (Lipinski definition) is 9. The number of imidazole rings is 1. The minimum Gasteiger partial charge on any atom is -0.627 e. The number of nitrogens with zero attached hydrogens (tertiary/aromatic N) is 7. The van der Waals surface area contributed by atoms with Gasteiger partial charge in [-0.1, -0.05) is 18.2 Å². The Bertz CT molecular complexity index is 2150. The number of quaternary nitrogens is 1. The molecule has 12 nitrogen and oxygen atoms in total. The Morgan fingerprint density at radius 3 is 2.71 bits per heavy atom. The first-order valence-electron chi connectivity index (χ1n) is 17.7. The molecule has 0 bridgehead atoms. The quantitative estimate of drug-likeness (QED) is 0.234. The lowest BCUT2D eigenvalue weighted by Gasteiger charge is -2.40. The normalized spacial score (nSPS) is 22.2. The molecule has 2 amide bonds. The van der Waals surface area contributed by atoms with Crippen molar-refractivity contribution in [2.75, 3.05) is 47.8 Å². The number of hydroxylamine groups is 2. The summed E-state index contributed by atoms with van der Waals surface area (Å²) in [6.45, 7) is 3.95. The Hall–Kier alpha value is -5.40. The molecular formula is C38H38FN9O3. The van der Waals surface area contributed by atoms with Crippen LogP contribution in [-0.2, 0) is 11.3 Å². The molecule has 7 heterocycles. The van der Waals surface area contributed by atoms with Gasteiger partial charge in [0.25, 0.3) is 5.91 Å². The predicted octanol–water partition coefficient (Wildman–Crippen LogP) is 3.85. The van der Waals surface area contributed by atoms with Gasteiger partial charge in [0.1, 0.15) is 29.7 Å². The van der Waals surface area contributed by atoms with Gasteiger partial charge in [-0.3, -0.25) is 4.79 Å². The van der Waals surface area contributed by atoms with Crippen LogP contribution in [0.3, 0.4) is 0 Å². The largest absolute Gasteiger partial charge is 0.627 e. The number of benzene rings is 2. The summed E-state index contributed by atoms with van der Waals surface area (Å²) in [5.41, 5.74) is 5.89. The van der Waals surface area contributed by atoms with E-state index in [0.29, 0.717) is 24.4 Å². The lowest BCUT2D eigenvalue weighted by molar-refractivity contribution is -0.772. The number of halogens is 1. The molecule has 0 spiro atoms. The highest BCUT2D eigenvalue weighted by Gasteiger charge is 2.38. The number of rotatable bonds is 8. The first-order valence-corrected chi connectivity index (χ1v) is 17.7. The maximum absolute atomic E-state index is 14.0. The Morgan fingerprint density at radius 1 is 0.961 bits per heavy atom. The van der Waals surface area contributed by atoms with Gasteiger partial charge in [0, 0.05) is 49.9 Å². The molecule has 4 aliphatic heterocycles. The number of aromatic nitrogens is 4. The molecule has 9 rings (SSSR count). The van der Waals surface area contributed by atoms with Crippen LogP contribution in [0.1, 0.15) is 53.2 Å². The van der Waals surface area contributed by atoms with Gasteiger partial charge < -0.3 is 30.3 Å². The molecule has 0 saturated carbocycles. The Labute approximate surface area is 294 Å². The molecular weight excluding hydrogens is 649 g/mol. The SMILES string of the molecule is O=C1c2ccc(NCC3CN(c4cccc(-c5cnc6ccc(N7CCC[C@@H]7c7cccc(F)c7)nn56)n4)C3)cc2CN1C1CCC(=O)[NH+]([O-])C1. The summed E-state index contributed by atoms with van der Waals surface area (Å²) in [5.74, 6) is 1.55. The maximum Gasteiger partial charge on any atom is 0.312 e. The highest BCUT2D eigenvalue weighted by atomic mass is 19.1. The molecule has 51 heavy (non-hydrogen) atoms. The van der Waals surface area contributed by atoms with Crippen molar-refractivity contribution in [2.24, 2.45) is 5.92 Å². The van der Waals surface area contributed by atoms with E-state index < -0.39 is 0 Å². The van der Waals surface area contributed by atoms with Gasteiger partial charge in [0.15, 0.2) is 5.65 Å². The van der Waals surface area contributed by atoms with Crippen molar-refractivity contribution >= 4 is 34.8 Å². The molecule has 4 aliphatic rings. The van der Waals surface area contributed by atoms with Crippen LogP contribution in [0.4, 0.5) is 21.7 Å². The van der Waals surface area contributed by atoms with Crippen LogP contribution >= 0.6 is 0 Å². The van der Waals surface area contributed by atoms with Crippen LogP contribution in [0, 0.1) is 16.9 Å². The zero-order valence-electron chi connectivity index (χ0n) is 28.0. The molecule has 2 unspecified atom stereocenters. The monoisotopic (exact) mass is 687 g/mol. The van der Waals surface area contributed by atoms with Gasteiger partial charge in [-0.05, 0) is 85.0 Å². The summed E-state index contributed by atoms with van der Waals surface area (Å²) in [5, 5.41) is 20.2. The lowest BCUT2D eigenvalue weighted by atomic mass is 9.99. The van der Waals surface area contributed by atoms with Crippen molar-refractivity contribution < 1.29 is 19.0 Å². The van der Waals surface area contributed by atoms with Gasteiger partial charge in [-0.15, -0.1) is 5.10 Å². The number of amides is 2. The molecule has 3 aromatic heterocycles. The van der Waals surface area contributed by atoms with E-state index in [1.54, 1.807) is 17.0 Å². The van der Waals surface area contributed by atoms with Gasteiger partial charge >= 0.3 is 5.91 Å². The Kier molecular flexibility index (Phi) is 7.88. The minimum absolute atomic E-state index is 0.0608. The van der Waals surface area contributed by atoms with Crippen molar-refractivity contribution in [3.8, 4) is 11.4 Å². The summed E-state index contributed by atoms with van der Waals surface area (Å²) in [6.07, 6.45) is 4.52. The summed E-state index contributed by atoms with van der Waals surface area (Å²) in [6, 6.07) is 22.5. The predicted molar refractivity (Wildman–Crippen MR) is 190 cm³/mol. The average Bonchev–Trinajstić information content (AvgIpc) is 3.86.